The number of pyridine rings is 2. The summed E-state index contributed by atoms with van der Waals surface area (Å²) in [4.78, 5) is 8.83. The maximum Gasteiger partial charge on any atom is 0 e. The van der Waals surface area contributed by atoms with E-state index in [1.54, 1.807) is 43.4 Å². The second-order valence-electron chi connectivity index (χ2n) is 12.1. The molecule has 229 valence electrons. The molecule has 1 radical (unpaired) electrons. The van der Waals surface area contributed by atoms with Gasteiger partial charge in [0.25, 0.3) is 0 Å². The van der Waals surface area contributed by atoms with Crippen molar-refractivity contribution in [2.45, 2.75) is 63.6 Å². The van der Waals surface area contributed by atoms with Gasteiger partial charge in [-0.05, 0) is 33.3 Å². The quantitative estimate of drug-likeness (QED) is 0.128. The molecule has 0 bridgehead atoms. The van der Waals surface area contributed by atoms with Crippen LogP contribution in [-0.4, -0.2) is 23.2 Å². The minimum atomic E-state index is -2.14. The molecule has 44 heavy (non-hydrogen) atoms. The van der Waals surface area contributed by atoms with E-state index in [0.717, 1.165) is 32.5 Å². The minimum absolute atomic E-state index is 0. The first-order valence-corrected chi connectivity index (χ1v) is 22.4. The number of fused-ring (bicyclic) bond motifs is 3. The molecule has 0 aliphatic rings. The summed E-state index contributed by atoms with van der Waals surface area (Å²) in [5, 5.41) is 2.36. The Morgan fingerprint density at radius 1 is 0.864 bits per heavy atom. The van der Waals surface area contributed by atoms with Gasteiger partial charge in [0.15, 0.2) is 0 Å². The maximum atomic E-state index is 14.1. The average Bonchev–Trinajstić information content (AvgIpc) is 3.39. The van der Waals surface area contributed by atoms with Gasteiger partial charge in [-0.1, -0.05) is 43.5 Å². The largest absolute Gasteiger partial charge is 0 e. The molecule has 0 fully saturated rings. The Bertz CT molecular complexity index is 2090. The Labute approximate surface area is 288 Å². The first-order valence-electron chi connectivity index (χ1n) is 16.8. The molecule has 6 aromatic rings. The second-order valence-corrected chi connectivity index (χ2v) is 23.7. The van der Waals surface area contributed by atoms with Gasteiger partial charge in [0, 0.05) is 26.2 Å². The molecule has 0 aliphatic carbocycles. The Morgan fingerprint density at radius 3 is 2.23 bits per heavy atom. The fraction of sp³-hybridized carbons (Fsp3) is 0.263. The molecule has 0 unspecified atom stereocenters. The third kappa shape index (κ3) is 7.39. The third-order valence-electron chi connectivity index (χ3n) is 7.33. The summed E-state index contributed by atoms with van der Waals surface area (Å²) in [6, 6.07) is 27.0. The summed E-state index contributed by atoms with van der Waals surface area (Å²) in [7, 11) is 0. The zero-order valence-electron chi connectivity index (χ0n) is 31.0. The van der Waals surface area contributed by atoms with E-state index in [4.69, 9.17) is 6.85 Å². The number of halogens is 1. The predicted octanol–water partition coefficient (Wildman–Crippen LogP) is 10.7. The van der Waals surface area contributed by atoms with Crippen LogP contribution in [-0.2, 0) is 20.1 Å². The van der Waals surface area contributed by atoms with E-state index < -0.39 is 37.7 Å². The van der Waals surface area contributed by atoms with Crippen LogP contribution in [0.15, 0.2) is 79.1 Å². The predicted molar refractivity (Wildman–Crippen MR) is 186 cm³/mol. The molecular formula is C38H39FGeIrN2S-2. The fourth-order valence-electron chi connectivity index (χ4n) is 5.04. The molecule has 6 rings (SSSR count). The Kier molecular flexibility index (Phi) is 8.88. The number of nitrogens with zero attached hydrogens (tertiary/aromatic N) is 2. The van der Waals surface area contributed by atoms with Crippen molar-refractivity contribution in [1.82, 2.24) is 9.97 Å². The number of aryl methyl sites for hydroxylation is 1. The normalized spacial score (nSPS) is 14.0. The van der Waals surface area contributed by atoms with Gasteiger partial charge in [0.2, 0.25) is 0 Å². The molecule has 0 saturated heterocycles. The van der Waals surface area contributed by atoms with Crippen molar-refractivity contribution >= 4 is 49.2 Å². The molecule has 0 aliphatic heterocycles. The van der Waals surface area contributed by atoms with Gasteiger partial charge in [0.1, 0.15) is 5.82 Å². The Balaban J connectivity index is 0.000000216. The molecule has 2 nitrogen and oxygen atoms in total. The molecule has 0 saturated carbocycles. The van der Waals surface area contributed by atoms with Crippen molar-refractivity contribution in [3.05, 3.63) is 114 Å². The number of benzene rings is 3. The van der Waals surface area contributed by atoms with E-state index in [-0.39, 0.29) is 25.7 Å². The van der Waals surface area contributed by atoms with Gasteiger partial charge in [-0.25, -0.2) is 4.39 Å². The number of thiophene rings is 1. The van der Waals surface area contributed by atoms with Gasteiger partial charge in [-0.15, -0.1) is 23.8 Å². The Morgan fingerprint density at radius 2 is 1.57 bits per heavy atom. The van der Waals surface area contributed by atoms with Crippen LogP contribution in [0.2, 0.25) is 17.3 Å². The van der Waals surface area contributed by atoms with E-state index in [1.807, 2.05) is 44.3 Å². The van der Waals surface area contributed by atoms with Gasteiger partial charge in [0.05, 0.1) is 6.20 Å². The zero-order valence-corrected chi connectivity index (χ0v) is 31.3. The van der Waals surface area contributed by atoms with Crippen LogP contribution in [0.4, 0.5) is 4.39 Å². The average molecular weight is 845 g/mol. The number of hydrogen-bond acceptors (Lipinski definition) is 3. The zero-order chi connectivity index (χ0) is 35.2. The molecular weight excluding hydrogens is 800 g/mol. The van der Waals surface area contributed by atoms with Crippen LogP contribution in [0.5, 0.6) is 0 Å². The number of aromatic nitrogens is 2. The van der Waals surface area contributed by atoms with Crippen LogP contribution < -0.4 is 4.40 Å². The summed E-state index contributed by atoms with van der Waals surface area (Å²) < 4.78 is 56.6. The SMILES string of the molecule is [2H]C(C)(C)c1cc(-c2[c-]ccc3c2sc2ccccc23)ncc1F.[2H]C([2H])([2H])c1c[c-]c(-c2cc(C([2H])(C)C)[c]([Ge]([CH3])([CH3])[CH3])cn2)cc1.[Ir]. The minimum Gasteiger partial charge on any atom is 0 e. The first-order chi connectivity index (χ1) is 22.2. The van der Waals surface area contributed by atoms with Crippen molar-refractivity contribution < 1.29 is 31.3 Å². The van der Waals surface area contributed by atoms with Crippen molar-refractivity contribution in [3.63, 3.8) is 0 Å². The van der Waals surface area contributed by atoms with Crippen molar-refractivity contribution in [1.29, 1.82) is 0 Å². The van der Waals surface area contributed by atoms with Crippen LogP contribution >= 0.6 is 11.3 Å². The van der Waals surface area contributed by atoms with Crippen molar-refractivity contribution in [3.8, 4) is 22.5 Å². The van der Waals surface area contributed by atoms with Gasteiger partial charge in [-0.3, -0.25) is 0 Å². The molecule has 0 spiro atoms. The molecule has 3 aromatic carbocycles. The summed E-state index contributed by atoms with van der Waals surface area (Å²) in [5.41, 5.74) is 4.63. The molecule has 0 N–H and O–H groups in total. The summed E-state index contributed by atoms with van der Waals surface area (Å²) in [5.74, 6) is 4.72. The van der Waals surface area contributed by atoms with E-state index in [2.05, 4.69) is 57.6 Å². The maximum absolute atomic E-state index is 14.1. The number of rotatable bonds is 5. The first kappa shape index (κ1) is 27.6. The van der Waals surface area contributed by atoms with Crippen molar-refractivity contribution in [2.75, 3.05) is 0 Å². The van der Waals surface area contributed by atoms with E-state index in [0.29, 0.717) is 11.3 Å². The fourth-order valence-corrected chi connectivity index (χ4v) is 9.56. The Hall–Kier alpha value is -2.70. The van der Waals surface area contributed by atoms with E-state index in [1.165, 1.54) is 26.7 Å². The molecule has 3 aromatic heterocycles. The van der Waals surface area contributed by atoms with Gasteiger partial charge in [-0.2, -0.15) is 11.3 Å². The second kappa shape index (κ2) is 14.2. The van der Waals surface area contributed by atoms with Crippen LogP contribution in [0.3, 0.4) is 0 Å². The van der Waals surface area contributed by atoms with Gasteiger partial charge < -0.3 is 4.98 Å². The summed E-state index contributed by atoms with van der Waals surface area (Å²) in [6.45, 7) is 5.02. The smallest absolute Gasteiger partial charge is 0 e. The molecule has 0 atom stereocenters. The summed E-state index contributed by atoms with van der Waals surface area (Å²) in [6.07, 6.45) is 3.12. The van der Waals surface area contributed by atoms with Crippen LogP contribution in [0, 0.1) is 24.8 Å². The molecule has 6 heteroatoms. The van der Waals surface area contributed by atoms with Crippen LogP contribution in [0.1, 0.15) is 63.0 Å². The summed E-state index contributed by atoms with van der Waals surface area (Å²) >= 11 is -0.452. The molecule has 0 amide bonds. The van der Waals surface area contributed by atoms with Gasteiger partial charge >= 0.3 is 131 Å². The third-order valence-corrected chi connectivity index (χ3v) is 12.8. The van der Waals surface area contributed by atoms with Crippen LogP contribution in [0.25, 0.3) is 42.7 Å². The molecule has 3 heterocycles. The van der Waals surface area contributed by atoms with E-state index in [9.17, 15) is 4.39 Å². The topological polar surface area (TPSA) is 25.8 Å². The number of hydrogen-bond donors (Lipinski definition) is 0. The van der Waals surface area contributed by atoms with E-state index >= 15 is 0 Å². The monoisotopic (exact) mass is 846 g/mol. The van der Waals surface area contributed by atoms with Crippen molar-refractivity contribution in [2.24, 2.45) is 0 Å². The standard InChI is InChI=1S/C20H15FNS.C18H24GeN.Ir/c1-12(2)16-10-18(22-11-17(16)21)15-8-5-7-14-13-6-3-4-9-19(13)23-20(14)15;1-13(2)16-11-18(15-9-7-14(3)8-10-15)20-12-17(16)19(4,5)6;/h3-7,9-12H,1-2H3;7-9,11-13H,1-6H3;/q2*-1;/i12D;3D3,13D;.